The molecule has 2 rings (SSSR count). The van der Waals surface area contributed by atoms with Crippen LogP contribution in [-0.4, -0.2) is 22.0 Å². The van der Waals surface area contributed by atoms with Crippen LogP contribution in [0.3, 0.4) is 0 Å². The van der Waals surface area contributed by atoms with E-state index in [1.807, 2.05) is 13.1 Å². The second kappa shape index (κ2) is 2.98. The van der Waals surface area contributed by atoms with Crippen molar-refractivity contribution in [2.24, 2.45) is 13.0 Å². The minimum atomic E-state index is -0.691. The lowest BCUT2D eigenvalue weighted by atomic mass is 10.1. The number of aryl methyl sites for hydroxylation is 1. The molecule has 2 unspecified atom stereocenters. The van der Waals surface area contributed by atoms with E-state index in [-0.39, 0.29) is 0 Å². The normalized spacial score (nSPS) is 30.4. The van der Waals surface area contributed by atoms with Crippen LogP contribution in [0.5, 0.6) is 5.88 Å². The van der Waals surface area contributed by atoms with Gasteiger partial charge in [0.05, 0.1) is 12.8 Å². The Morgan fingerprint density at radius 3 is 2.93 bits per heavy atom. The number of aliphatic hydroxyl groups is 1. The largest absolute Gasteiger partial charge is 0.481 e. The van der Waals surface area contributed by atoms with Gasteiger partial charge in [0.2, 0.25) is 5.88 Å². The quantitative estimate of drug-likeness (QED) is 0.786. The molecule has 0 radical (unpaired) electrons. The maximum atomic E-state index is 10.2. The molecule has 4 nitrogen and oxygen atoms in total. The fourth-order valence-electron chi connectivity index (χ4n) is 1.97. The van der Waals surface area contributed by atoms with E-state index >= 15 is 0 Å². The lowest BCUT2D eigenvalue weighted by molar-refractivity contribution is 0.125. The molecule has 1 N–H and O–H groups in total. The molecular weight excluding hydrogens is 180 g/mol. The maximum absolute atomic E-state index is 10.2. The molecule has 2 atom stereocenters. The molecule has 0 aliphatic heterocycles. The summed E-state index contributed by atoms with van der Waals surface area (Å²) >= 11 is 0. The Morgan fingerprint density at radius 2 is 2.50 bits per heavy atom. The lowest BCUT2D eigenvalue weighted by Gasteiger charge is -2.04. The maximum Gasteiger partial charge on any atom is 0.211 e. The van der Waals surface area contributed by atoms with Crippen LogP contribution < -0.4 is 4.74 Å². The number of nitrogens with zero attached hydrogens (tertiary/aromatic N) is 2. The molecule has 1 heterocycles. The second-order valence-corrected chi connectivity index (χ2v) is 3.93. The van der Waals surface area contributed by atoms with Crippen molar-refractivity contribution in [1.29, 1.82) is 0 Å². The van der Waals surface area contributed by atoms with Crippen LogP contribution in [0.4, 0.5) is 0 Å². The van der Waals surface area contributed by atoms with Crippen LogP contribution in [0.15, 0.2) is 6.07 Å². The van der Waals surface area contributed by atoms with Crippen LogP contribution in [0.1, 0.15) is 25.5 Å². The third kappa shape index (κ3) is 1.21. The fraction of sp³-hybridized carbons (Fsp3) is 0.700. The summed E-state index contributed by atoms with van der Waals surface area (Å²) in [6.07, 6.45) is 1.82. The summed E-state index contributed by atoms with van der Waals surface area (Å²) in [7, 11) is 3.42. The highest BCUT2D eigenvalue weighted by atomic mass is 16.5. The van der Waals surface area contributed by atoms with Gasteiger partial charge in [0.25, 0.3) is 0 Å². The van der Waals surface area contributed by atoms with E-state index in [4.69, 9.17) is 4.74 Å². The standard InChI is InChI=1S/C10H16N2O2/c1-4-7-6-10(7,13)8-5-9(14-3)12(2)11-8/h5,7,13H,4,6H2,1-3H3. The molecule has 1 fully saturated rings. The van der Waals surface area contributed by atoms with Crippen molar-refractivity contribution in [1.82, 2.24) is 9.78 Å². The minimum absolute atomic E-state index is 0.363. The summed E-state index contributed by atoms with van der Waals surface area (Å²) in [5.74, 6) is 1.05. The molecule has 0 bridgehead atoms. The summed E-state index contributed by atoms with van der Waals surface area (Å²) in [5.41, 5.74) is 0.0484. The molecule has 0 aromatic carbocycles. The highest BCUT2D eigenvalue weighted by molar-refractivity contribution is 5.27. The van der Waals surface area contributed by atoms with Gasteiger partial charge in [-0.15, -0.1) is 0 Å². The first-order valence-corrected chi connectivity index (χ1v) is 4.92. The third-order valence-electron chi connectivity index (χ3n) is 3.06. The van der Waals surface area contributed by atoms with E-state index in [0.29, 0.717) is 11.8 Å². The van der Waals surface area contributed by atoms with E-state index < -0.39 is 5.60 Å². The number of ether oxygens (including phenoxy) is 1. The molecule has 1 aliphatic rings. The van der Waals surface area contributed by atoms with Gasteiger partial charge in [-0.3, -0.25) is 0 Å². The van der Waals surface area contributed by atoms with Crippen LogP contribution >= 0.6 is 0 Å². The van der Waals surface area contributed by atoms with Gasteiger partial charge in [-0.2, -0.15) is 5.10 Å². The van der Waals surface area contributed by atoms with Gasteiger partial charge in [-0.25, -0.2) is 4.68 Å². The molecule has 4 heteroatoms. The topological polar surface area (TPSA) is 47.3 Å². The van der Waals surface area contributed by atoms with Crippen LogP contribution in [-0.2, 0) is 12.6 Å². The molecule has 14 heavy (non-hydrogen) atoms. The number of rotatable bonds is 3. The molecule has 0 amide bonds. The molecule has 0 spiro atoms. The van der Waals surface area contributed by atoms with Gasteiger partial charge in [0, 0.05) is 13.1 Å². The Balaban J connectivity index is 2.26. The first-order chi connectivity index (χ1) is 6.61. The molecule has 1 saturated carbocycles. The smallest absolute Gasteiger partial charge is 0.211 e. The van der Waals surface area contributed by atoms with E-state index in [1.54, 1.807) is 11.8 Å². The van der Waals surface area contributed by atoms with Gasteiger partial charge >= 0.3 is 0 Å². The van der Waals surface area contributed by atoms with Crippen molar-refractivity contribution in [2.45, 2.75) is 25.4 Å². The van der Waals surface area contributed by atoms with Gasteiger partial charge in [0.1, 0.15) is 5.60 Å². The van der Waals surface area contributed by atoms with Gasteiger partial charge in [-0.05, 0) is 12.3 Å². The molecule has 1 aromatic rings. The molecular formula is C10H16N2O2. The zero-order valence-electron chi connectivity index (χ0n) is 8.82. The van der Waals surface area contributed by atoms with Gasteiger partial charge in [0.15, 0.2) is 0 Å². The van der Waals surface area contributed by atoms with Gasteiger partial charge < -0.3 is 9.84 Å². The third-order valence-corrected chi connectivity index (χ3v) is 3.06. The predicted molar refractivity (Wildman–Crippen MR) is 52.1 cm³/mol. The second-order valence-electron chi connectivity index (χ2n) is 3.93. The highest BCUT2D eigenvalue weighted by Crippen LogP contribution is 2.53. The summed E-state index contributed by atoms with van der Waals surface area (Å²) in [5, 5.41) is 14.4. The average Bonchev–Trinajstić information content (AvgIpc) is 2.69. The average molecular weight is 196 g/mol. The van der Waals surface area contributed by atoms with E-state index in [2.05, 4.69) is 12.0 Å². The number of hydrogen-bond acceptors (Lipinski definition) is 3. The Hall–Kier alpha value is -1.03. The van der Waals surface area contributed by atoms with Crippen LogP contribution in [0, 0.1) is 5.92 Å². The zero-order valence-corrected chi connectivity index (χ0v) is 8.82. The number of methoxy groups -OCH3 is 1. The van der Waals surface area contributed by atoms with Crippen molar-refractivity contribution in [2.75, 3.05) is 7.11 Å². The molecule has 1 aromatic heterocycles. The fourth-order valence-corrected chi connectivity index (χ4v) is 1.97. The van der Waals surface area contributed by atoms with Crippen molar-refractivity contribution >= 4 is 0 Å². The first-order valence-electron chi connectivity index (χ1n) is 4.92. The Labute approximate surface area is 83.5 Å². The van der Waals surface area contributed by atoms with Gasteiger partial charge in [-0.1, -0.05) is 13.3 Å². The first kappa shape index (κ1) is 9.52. The van der Waals surface area contributed by atoms with Crippen molar-refractivity contribution < 1.29 is 9.84 Å². The van der Waals surface area contributed by atoms with E-state index in [1.165, 1.54) is 0 Å². The molecule has 78 valence electrons. The highest BCUT2D eigenvalue weighted by Gasteiger charge is 2.54. The SMILES string of the molecule is CCC1CC1(O)c1cc(OC)n(C)n1. The molecule has 0 saturated heterocycles. The van der Waals surface area contributed by atoms with E-state index in [9.17, 15) is 5.11 Å². The number of hydrogen-bond donors (Lipinski definition) is 1. The molecule has 1 aliphatic carbocycles. The van der Waals surface area contributed by atoms with Crippen LogP contribution in [0.2, 0.25) is 0 Å². The lowest BCUT2D eigenvalue weighted by Crippen LogP contribution is -2.09. The monoisotopic (exact) mass is 196 g/mol. The minimum Gasteiger partial charge on any atom is -0.481 e. The van der Waals surface area contributed by atoms with Crippen molar-refractivity contribution in [3.63, 3.8) is 0 Å². The Morgan fingerprint density at radius 1 is 1.79 bits per heavy atom. The Bertz CT molecular complexity index is 348. The summed E-state index contributed by atoms with van der Waals surface area (Å²) < 4.78 is 6.76. The zero-order chi connectivity index (χ0) is 10.3. The van der Waals surface area contributed by atoms with E-state index in [0.717, 1.165) is 18.5 Å². The predicted octanol–water partition coefficient (Wildman–Crippen LogP) is 1.05. The summed E-state index contributed by atoms with van der Waals surface area (Å²) in [6, 6.07) is 1.82. The van der Waals surface area contributed by atoms with Crippen LogP contribution in [0.25, 0.3) is 0 Å². The Kier molecular flexibility index (Phi) is 2.03. The number of aromatic nitrogens is 2. The summed E-state index contributed by atoms with van der Waals surface area (Å²) in [4.78, 5) is 0. The summed E-state index contributed by atoms with van der Waals surface area (Å²) in [6.45, 7) is 2.09. The van der Waals surface area contributed by atoms with Crippen molar-refractivity contribution in [3.05, 3.63) is 11.8 Å². The van der Waals surface area contributed by atoms with Crippen molar-refractivity contribution in [3.8, 4) is 5.88 Å².